The number of amides is 1. The molecule has 5 N–H and O–H groups in total. The molecule has 17 nitrogen and oxygen atoms in total. The van der Waals surface area contributed by atoms with Gasteiger partial charge in [-0.05, 0) is 105 Å². The number of ketones is 1. The van der Waals surface area contributed by atoms with Gasteiger partial charge in [-0.15, -0.1) is 5.10 Å². The second kappa shape index (κ2) is 20.6. The summed E-state index contributed by atoms with van der Waals surface area (Å²) in [6, 6.07) is 6.06. The number of nitrogens with one attached hydrogen (secondary N) is 1. The Hall–Kier alpha value is -3.71. The molecule has 3 saturated heterocycles. The number of carbonyl (C=O) groups excluding carboxylic acids is 3. The maximum atomic E-state index is 14.4. The SMILES string of the molecule is CC[C@H]1OC(=O)[C@H](C)C(=O)[C@H](C)[C@@H](O[C@@H]2O[C@H](C)CC(N(C)C)[C@H]2O)[C@](C)(OC)C[C@@H](C)CNC(CCO)[C@H]2N(CCCCn3cc(-c4cccc(N)c4)nn3)C(=O)O[C@]12C. The van der Waals surface area contributed by atoms with Gasteiger partial charge in [0.15, 0.2) is 17.7 Å². The number of rotatable bonds is 13. The number of hydrogen-bond donors (Lipinski definition) is 4. The Bertz CT molecular complexity index is 1780. The minimum atomic E-state index is -1.34. The highest BCUT2D eigenvalue weighted by molar-refractivity contribution is 6.00. The van der Waals surface area contributed by atoms with Crippen LogP contribution in [0.2, 0.25) is 0 Å². The van der Waals surface area contributed by atoms with Gasteiger partial charge in [0.2, 0.25) is 0 Å². The summed E-state index contributed by atoms with van der Waals surface area (Å²) in [4.78, 5) is 46.1. The van der Waals surface area contributed by atoms with E-state index in [1.165, 1.54) is 6.92 Å². The average molecular weight is 858 g/mol. The van der Waals surface area contributed by atoms with E-state index in [-0.39, 0.29) is 37.5 Å². The number of ether oxygens (including phenoxy) is 5. The summed E-state index contributed by atoms with van der Waals surface area (Å²) in [6.07, 6.45) is -0.0403. The van der Waals surface area contributed by atoms with E-state index in [9.17, 15) is 24.6 Å². The zero-order valence-corrected chi connectivity index (χ0v) is 37.8. The van der Waals surface area contributed by atoms with Gasteiger partial charge in [0.25, 0.3) is 0 Å². The quantitative estimate of drug-likeness (QED) is 0.0980. The predicted molar refractivity (Wildman–Crippen MR) is 228 cm³/mol. The summed E-state index contributed by atoms with van der Waals surface area (Å²) in [5, 5.41) is 34.2. The third-order valence-corrected chi connectivity index (χ3v) is 13.1. The number of carbonyl (C=O) groups is 3. The minimum absolute atomic E-state index is 0.0924. The highest BCUT2D eigenvalue weighted by Gasteiger charge is 2.59. The number of benzene rings is 1. The lowest BCUT2D eigenvalue weighted by molar-refractivity contribution is -0.295. The molecule has 4 heterocycles. The number of aliphatic hydroxyl groups excluding tert-OH is 2. The van der Waals surface area contributed by atoms with E-state index >= 15 is 0 Å². The molecule has 0 saturated carbocycles. The van der Waals surface area contributed by atoms with E-state index in [0.29, 0.717) is 56.7 Å². The van der Waals surface area contributed by atoms with Crippen LogP contribution in [0.5, 0.6) is 0 Å². The maximum absolute atomic E-state index is 14.4. The topological polar surface area (TPSA) is 213 Å². The number of anilines is 1. The minimum Gasteiger partial charge on any atom is -0.458 e. The number of nitrogen functional groups attached to an aromatic ring is 1. The van der Waals surface area contributed by atoms with E-state index in [1.54, 1.807) is 30.5 Å². The Morgan fingerprint density at radius 1 is 1.10 bits per heavy atom. The fourth-order valence-electron chi connectivity index (χ4n) is 9.67. The number of unbranched alkanes of at least 4 members (excludes halogenated alkanes) is 1. The van der Waals surface area contributed by atoms with Gasteiger partial charge < -0.3 is 49.8 Å². The number of methoxy groups -OCH3 is 1. The standard InChI is InChI=1S/C44H71N7O10/c1-11-35-44(7)38(51(42(56)61-44)19-13-12-18-50-25-33(47-48-50)30-15-14-16-31(45)22-30)32(17-20-52)46-24-26(2)23-43(6,57-10)39(28(4)36(53)29(5)40(55)59-35)60-41-37(54)34(49(8)9)21-27(3)58-41/h14-16,22,25-29,32,34-35,37-39,41,46,52,54H,11-13,17-21,23-24,45H2,1-10H3/t26-,27-,28+,29-,32?,34?,35-,37-,38-,39-,41+,43-,44-/m1/s1. The Kier molecular flexibility index (Phi) is 16.4. The molecule has 5 rings (SSSR count). The summed E-state index contributed by atoms with van der Waals surface area (Å²) in [6.45, 7) is 13.8. The Morgan fingerprint density at radius 2 is 1.82 bits per heavy atom. The number of esters is 1. The number of aryl methyl sites for hydroxylation is 1. The summed E-state index contributed by atoms with van der Waals surface area (Å²) >= 11 is 0. The van der Waals surface area contributed by atoms with Crippen LogP contribution < -0.4 is 11.1 Å². The van der Waals surface area contributed by atoms with Crippen molar-refractivity contribution >= 4 is 23.5 Å². The van der Waals surface area contributed by atoms with E-state index in [0.717, 1.165) is 5.56 Å². The van der Waals surface area contributed by atoms with Crippen molar-refractivity contribution in [1.82, 2.24) is 30.1 Å². The molecule has 3 aliphatic rings. The second-order valence-corrected chi connectivity index (χ2v) is 18.1. The summed E-state index contributed by atoms with van der Waals surface area (Å²) in [5.74, 6) is -3.39. The Balaban J connectivity index is 1.42. The molecule has 0 bridgehead atoms. The highest BCUT2D eigenvalue weighted by Crippen LogP contribution is 2.41. The lowest BCUT2D eigenvalue weighted by atomic mass is 9.78. The first-order chi connectivity index (χ1) is 28.9. The van der Waals surface area contributed by atoms with Crippen molar-refractivity contribution in [1.29, 1.82) is 0 Å². The van der Waals surface area contributed by atoms with Crippen LogP contribution in [-0.4, -0.2) is 154 Å². The zero-order valence-electron chi connectivity index (χ0n) is 37.8. The molecule has 1 aromatic heterocycles. The first-order valence-electron chi connectivity index (χ1n) is 21.9. The molecule has 0 spiro atoms. The smallest absolute Gasteiger partial charge is 0.410 e. The number of nitrogens with zero attached hydrogens (tertiary/aromatic N) is 5. The van der Waals surface area contributed by atoms with Crippen molar-refractivity contribution in [2.24, 2.45) is 17.8 Å². The lowest BCUT2D eigenvalue weighted by Crippen LogP contribution is -2.62. The van der Waals surface area contributed by atoms with Crippen LogP contribution >= 0.6 is 0 Å². The fraction of sp³-hybridized carbons (Fsp3) is 0.750. The maximum Gasteiger partial charge on any atom is 0.410 e. The number of nitrogens with two attached hydrogens (primary N) is 1. The third-order valence-electron chi connectivity index (χ3n) is 13.1. The van der Waals surface area contributed by atoms with Gasteiger partial charge in [-0.3, -0.25) is 19.2 Å². The van der Waals surface area contributed by atoms with Gasteiger partial charge >= 0.3 is 12.1 Å². The van der Waals surface area contributed by atoms with Crippen LogP contribution in [0.4, 0.5) is 10.5 Å². The molecule has 1 aromatic carbocycles. The Labute approximate surface area is 360 Å². The van der Waals surface area contributed by atoms with Gasteiger partial charge in [0, 0.05) is 56.1 Å². The number of fused-ring (bicyclic) bond motifs is 1. The van der Waals surface area contributed by atoms with Crippen molar-refractivity contribution in [3.63, 3.8) is 0 Å². The van der Waals surface area contributed by atoms with Crippen LogP contribution in [0.1, 0.15) is 87.0 Å². The van der Waals surface area contributed by atoms with Gasteiger partial charge in [0.1, 0.15) is 23.8 Å². The zero-order chi connectivity index (χ0) is 44.8. The molecular weight excluding hydrogens is 787 g/mol. The molecule has 13 atom stereocenters. The monoisotopic (exact) mass is 858 g/mol. The number of Topliss-reactive ketones (excluding diaryl/α,β-unsaturated/α-hetero) is 1. The second-order valence-electron chi connectivity index (χ2n) is 18.1. The molecule has 3 aliphatic heterocycles. The largest absolute Gasteiger partial charge is 0.458 e. The molecule has 1 amide bonds. The van der Waals surface area contributed by atoms with Gasteiger partial charge in [-0.25, -0.2) is 4.79 Å². The molecule has 0 aliphatic carbocycles. The van der Waals surface area contributed by atoms with Crippen LogP contribution in [0.3, 0.4) is 0 Å². The van der Waals surface area contributed by atoms with Gasteiger partial charge in [0.05, 0.1) is 30.0 Å². The summed E-state index contributed by atoms with van der Waals surface area (Å²) in [5.41, 5.74) is 5.74. The fourth-order valence-corrected chi connectivity index (χ4v) is 9.67. The van der Waals surface area contributed by atoms with Gasteiger partial charge in [-0.1, -0.05) is 38.1 Å². The number of hydrogen-bond acceptors (Lipinski definition) is 15. The van der Waals surface area contributed by atoms with Crippen LogP contribution in [-0.2, 0) is 39.8 Å². The number of cyclic esters (lactones) is 1. The molecule has 0 radical (unpaired) electrons. The van der Waals surface area contributed by atoms with Gasteiger partial charge in [-0.2, -0.15) is 0 Å². The predicted octanol–water partition coefficient (Wildman–Crippen LogP) is 3.65. The van der Waals surface area contributed by atoms with E-state index in [4.69, 9.17) is 29.4 Å². The molecule has 342 valence electrons. The molecule has 61 heavy (non-hydrogen) atoms. The molecular formula is C44H71N7O10. The van der Waals surface area contributed by atoms with E-state index < -0.39 is 77.6 Å². The van der Waals surface area contributed by atoms with Crippen molar-refractivity contribution in [2.75, 3.05) is 46.6 Å². The van der Waals surface area contributed by atoms with Crippen molar-refractivity contribution in [3.05, 3.63) is 30.5 Å². The lowest BCUT2D eigenvalue weighted by Gasteiger charge is -2.46. The van der Waals surface area contributed by atoms with E-state index in [2.05, 4.69) is 22.6 Å². The summed E-state index contributed by atoms with van der Waals surface area (Å²) in [7, 11) is 5.35. The summed E-state index contributed by atoms with van der Waals surface area (Å²) < 4.78 is 33.3. The van der Waals surface area contributed by atoms with Crippen molar-refractivity contribution < 1.29 is 48.3 Å². The molecule has 2 unspecified atom stereocenters. The normalized spacial score (nSPS) is 35.7. The first kappa shape index (κ1) is 48.3. The van der Waals surface area contributed by atoms with Crippen molar-refractivity contribution in [2.45, 2.75) is 154 Å². The average Bonchev–Trinajstić information content (AvgIpc) is 3.80. The first-order valence-corrected chi connectivity index (χ1v) is 21.9. The number of aromatic nitrogens is 3. The highest BCUT2D eigenvalue weighted by atomic mass is 16.7. The van der Waals surface area contributed by atoms with Crippen LogP contribution in [0.15, 0.2) is 30.5 Å². The molecule has 2 aromatic rings. The molecule has 3 fully saturated rings. The van der Waals surface area contributed by atoms with Crippen molar-refractivity contribution in [3.8, 4) is 11.3 Å². The van der Waals surface area contributed by atoms with Crippen LogP contribution in [0.25, 0.3) is 11.3 Å². The Morgan fingerprint density at radius 3 is 2.48 bits per heavy atom. The van der Waals surface area contributed by atoms with Crippen LogP contribution in [0, 0.1) is 17.8 Å². The third kappa shape index (κ3) is 10.9. The van der Waals surface area contributed by atoms with E-state index in [1.807, 2.05) is 70.2 Å². The number of likely N-dealkylation sites (N-methyl/N-ethyl adjacent to an activating group) is 1. The molecule has 17 heteroatoms. The number of aliphatic hydroxyl groups is 2.